The van der Waals surface area contributed by atoms with E-state index < -0.39 is 6.03 Å². The third-order valence-corrected chi connectivity index (χ3v) is 4.63. The summed E-state index contributed by atoms with van der Waals surface area (Å²) in [4.78, 5) is 22.7. The topological polar surface area (TPSA) is 112 Å². The third-order valence-electron chi connectivity index (χ3n) is 4.40. The van der Waals surface area contributed by atoms with Gasteiger partial charge in [0, 0.05) is 31.1 Å². The second kappa shape index (κ2) is 10.7. The lowest BCUT2D eigenvalue weighted by Crippen LogP contribution is -2.45. The second-order valence-corrected chi connectivity index (χ2v) is 7.21. The van der Waals surface area contributed by atoms with Crippen LogP contribution in [0.3, 0.4) is 0 Å². The Bertz CT molecular complexity index is 902. The van der Waals surface area contributed by atoms with Crippen LogP contribution in [0.25, 0.3) is 0 Å². The summed E-state index contributed by atoms with van der Waals surface area (Å²) in [6.45, 7) is 4.91. The number of aromatic nitrogens is 2. The molecule has 9 nitrogen and oxygen atoms in total. The molecule has 1 saturated heterocycles. The van der Waals surface area contributed by atoms with Crippen LogP contribution in [-0.2, 0) is 4.74 Å². The van der Waals surface area contributed by atoms with E-state index in [1.165, 1.54) is 6.20 Å². The van der Waals surface area contributed by atoms with Gasteiger partial charge in [-0.2, -0.15) is 5.26 Å². The third kappa shape index (κ3) is 6.56. The molecule has 1 aromatic heterocycles. The SMILES string of the molecule is Cc1cnc(NC(=O)Nc2cc(Cl)ccc2OC[C@@H]2CN(CCC#N)CCO2)cn1. The zero-order valence-corrected chi connectivity index (χ0v) is 17.4. The Kier molecular flexibility index (Phi) is 7.79. The summed E-state index contributed by atoms with van der Waals surface area (Å²) >= 11 is 6.09. The zero-order chi connectivity index (χ0) is 21.3. The van der Waals surface area contributed by atoms with Crippen LogP contribution in [0.4, 0.5) is 16.3 Å². The molecule has 158 valence electrons. The highest BCUT2D eigenvalue weighted by Gasteiger charge is 2.21. The van der Waals surface area contributed by atoms with Gasteiger partial charge < -0.3 is 14.8 Å². The van der Waals surface area contributed by atoms with Crippen molar-refractivity contribution in [1.82, 2.24) is 14.9 Å². The van der Waals surface area contributed by atoms with Crippen molar-refractivity contribution in [3.05, 3.63) is 41.3 Å². The summed E-state index contributed by atoms with van der Waals surface area (Å²) in [5.74, 6) is 0.804. The Hall–Kier alpha value is -2.93. The summed E-state index contributed by atoms with van der Waals surface area (Å²) in [7, 11) is 0. The number of benzene rings is 1. The first-order valence-electron chi connectivity index (χ1n) is 9.53. The Labute approximate surface area is 180 Å². The van der Waals surface area contributed by atoms with Crippen LogP contribution in [0.1, 0.15) is 12.1 Å². The lowest BCUT2D eigenvalue weighted by Gasteiger charge is -2.32. The smallest absolute Gasteiger partial charge is 0.325 e. The van der Waals surface area contributed by atoms with E-state index in [0.717, 1.165) is 12.2 Å². The van der Waals surface area contributed by atoms with Gasteiger partial charge in [0.25, 0.3) is 0 Å². The van der Waals surface area contributed by atoms with Crippen LogP contribution in [0.15, 0.2) is 30.6 Å². The van der Waals surface area contributed by atoms with Crippen molar-refractivity contribution >= 4 is 29.1 Å². The fourth-order valence-corrected chi connectivity index (χ4v) is 3.10. The van der Waals surface area contributed by atoms with E-state index in [1.807, 2.05) is 6.92 Å². The van der Waals surface area contributed by atoms with E-state index in [4.69, 9.17) is 26.3 Å². The van der Waals surface area contributed by atoms with Crippen LogP contribution in [-0.4, -0.2) is 59.9 Å². The molecule has 0 aliphatic carbocycles. The van der Waals surface area contributed by atoms with Crippen LogP contribution in [0.2, 0.25) is 5.02 Å². The molecule has 3 rings (SSSR count). The van der Waals surface area contributed by atoms with Crippen molar-refractivity contribution < 1.29 is 14.3 Å². The van der Waals surface area contributed by atoms with E-state index in [1.54, 1.807) is 24.4 Å². The molecular weight excluding hydrogens is 408 g/mol. The standard InChI is InChI=1S/C20H23ClN6O3/c1-14-10-24-19(11-23-14)26-20(28)25-17-9-15(21)3-4-18(17)30-13-16-12-27(6-2-5-22)7-8-29-16/h3-4,9-11,16H,2,6-8,12-13H2,1H3,(H2,24,25,26,28)/t16-/m0/s1. The van der Waals surface area contributed by atoms with Gasteiger partial charge in [0.05, 0.1) is 36.5 Å². The largest absolute Gasteiger partial charge is 0.489 e. The van der Waals surface area contributed by atoms with Gasteiger partial charge >= 0.3 is 6.03 Å². The molecule has 0 unspecified atom stereocenters. The molecule has 2 amide bonds. The van der Waals surface area contributed by atoms with Crippen molar-refractivity contribution in [3.63, 3.8) is 0 Å². The van der Waals surface area contributed by atoms with Gasteiger partial charge in [-0.1, -0.05) is 11.6 Å². The second-order valence-electron chi connectivity index (χ2n) is 6.78. The van der Waals surface area contributed by atoms with Gasteiger partial charge in [0.2, 0.25) is 0 Å². The number of carbonyl (C=O) groups excluding carboxylic acids is 1. The Balaban J connectivity index is 1.58. The van der Waals surface area contributed by atoms with Crippen molar-refractivity contribution in [1.29, 1.82) is 5.26 Å². The first-order valence-corrected chi connectivity index (χ1v) is 9.91. The number of urea groups is 1. The lowest BCUT2D eigenvalue weighted by molar-refractivity contribution is -0.0471. The molecule has 2 aromatic rings. The van der Waals surface area contributed by atoms with Crippen molar-refractivity contribution in [2.45, 2.75) is 19.4 Å². The van der Waals surface area contributed by atoms with E-state index >= 15 is 0 Å². The quantitative estimate of drug-likeness (QED) is 0.693. The molecule has 2 heterocycles. The maximum absolute atomic E-state index is 12.3. The number of nitrogens with zero attached hydrogens (tertiary/aromatic N) is 4. The zero-order valence-electron chi connectivity index (χ0n) is 16.6. The molecule has 1 aliphatic rings. The number of hydrogen-bond donors (Lipinski definition) is 2. The van der Waals surface area contributed by atoms with Gasteiger partial charge in [-0.15, -0.1) is 0 Å². The van der Waals surface area contributed by atoms with E-state index in [-0.39, 0.29) is 6.10 Å². The Morgan fingerprint density at radius 1 is 1.40 bits per heavy atom. The number of halogens is 1. The molecule has 1 fully saturated rings. The predicted molar refractivity (Wildman–Crippen MR) is 113 cm³/mol. The fourth-order valence-electron chi connectivity index (χ4n) is 2.93. The number of aryl methyl sites for hydroxylation is 1. The summed E-state index contributed by atoms with van der Waals surface area (Å²) < 4.78 is 11.7. The molecule has 30 heavy (non-hydrogen) atoms. The van der Waals surface area contributed by atoms with Gasteiger partial charge in [-0.25, -0.2) is 9.78 Å². The molecule has 1 aliphatic heterocycles. The predicted octanol–water partition coefficient (Wildman–Crippen LogP) is 3.08. The summed E-state index contributed by atoms with van der Waals surface area (Å²) in [6, 6.07) is 6.66. The highest BCUT2D eigenvalue weighted by atomic mass is 35.5. The minimum atomic E-state index is -0.489. The number of ether oxygens (including phenoxy) is 2. The molecule has 10 heteroatoms. The highest BCUT2D eigenvalue weighted by molar-refractivity contribution is 6.31. The van der Waals surface area contributed by atoms with Crippen LogP contribution >= 0.6 is 11.6 Å². The maximum atomic E-state index is 12.3. The molecule has 2 N–H and O–H groups in total. The van der Waals surface area contributed by atoms with Crippen molar-refractivity contribution in [2.24, 2.45) is 0 Å². The molecule has 1 atom stereocenters. The minimum absolute atomic E-state index is 0.127. The summed E-state index contributed by atoms with van der Waals surface area (Å²) in [5.41, 5.74) is 1.18. The van der Waals surface area contributed by atoms with E-state index in [2.05, 4.69) is 31.6 Å². The highest BCUT2D eigenvalue weighted by Crippen LogP contribution is 2.28. The van der Waals surface area contributed by atoms with Gasteiger partial charge in [-0.05, 0) is 25.1 Å². The first-order chi connectivity index (χ1) is 14.5. The average Bonchev–Trinajstić information content (AvgIpc) is 2.73. The lowest BCUT2D eigenvalue weighted by atomic mass is 10.2. The van der Waals surface area contributed by atoms with Crippen molar-refractivity contribution in [3.8, 4) is 11.8 Å². The Morgan fingerprint density at radius 3 is 3.03 bits per heavy atom. The fraction of sp³-hybridized carbons (Fsp3) is 0.400. The van der Waals surface area contributed by atoms with Crippen LogP contribution in [0.5, 0.6) is 5.75 Å². The molecule has 0 saturated carbocycles. The van der Waals surface area contributed by atoms with E-state index in [9.17, 15) is 4.79 Å². The van der Waals surface area contributed by atoms with E-state index in [0.29, 0.717) is 55.0 Å². The number of anilines is 2. The monoisotopic (exact) mass is 430 g/mol. The summed E-state index contributed by atoms with van der Waals surface area (Å²) in [5, 5.41) is 14.6. The number of morpholine rings is 1. The normalized spacial score (nSPS) is 16.5. The molecule has 0 spiro atoms. The van der Waals surface area contributed by atoms with Crippen LogP contribution < -0.4 is 15.4 Å². The number of hydrogen-bond acceptors (Lipinski definition) is 7. The average molecular weight is 431 g/mol. The molecule has 0 radical (unpaired) electrons. The maximum Gasteiger partial charge on any atom is 0.325 e. The molecule has 0 bridgehead atoms. The number of rotatable bonds is 7. The molecule has 1 aromatic carbocycles. The van der Waals surface area contributed by atoms with Crippen LogP contribution in [0, 0.1) is 18.3 Å². The molecular formula is C20H23ClN6O3. The van der Waals surface area contributed by atoms with Gasteiger partial charge in [-0.3, -0.25) is 15.2 Å². The number of carbonyl (C=O) groups is 1. The van der Waals surface area contributed by atoms with Gasteiger partial charge in [0.15, 0.2) is 5.82 Å². The number of nitriles is 1. The Morgan fingerprint density at radius 2 is 2.27 bits per heavy atom. The van der Waals surface area contributed by atoms with Crippen molar-refractivity contribution in [2.75, 3.05) is 43.5 Å². The number of amides is 2. The number of nitrogens with one attached hydrogen (secondary N) is 2. The van der Waals surface area contributed by atoms with Gasteiger partial charge in [0.1, 0.15) is 18.5 Å². The first kappa shape index (κ1) is 21.8. The minimum Gasteiger partial charge on any atom is -0.489 e. The summed E-state index contributed by atoms with van der Waals surface area (Å²) in [6.07, 6.45) is 3.40.